The van der Waals surface area contributed by atoms with E-state index in [1.54, 1.807) is 0 Å². The van der Waals surface area contributed by atoms with E-state index in [-0.39, 0.29) is 11.6 Å². The largest absolute Gasteiger partial charge is 0.455 e. The molecule has 0 bridgehead atoms. The number of hydrogen-bond donors (Lipinski definition) is 0. The monoisotopic (exact) mass is 150 g/mol. The second-order valence-electron chi connectivity index (χ2n) is 3.23. The molecule has 0 aromatic carbocycles. The number of carbonyl (C=O) groups excluding carboxylic acids is 1. The molecule has 0 aromatic rings. The lowest BCUT2D eigenvalue weighted by Gasteiger charge is -2.19. The van der Waals surface area contributed by atoms with Crippen LogP contribution in [0.2, 0.25) is 0 Å². The normalized spacial score (nSPS) is 26.5. The van der Waals surface area contributed by atoms with Gasteiger partial charge in [0.05, 0.1) is 0 Å². The number of carbonyl (C=O) groups is 1. The minimum Gasteiger partial charge on any atom is -0.455 e. The molecule has 0 N–H and O–H groups in total. The molecule has 2 aliphatic rings. The number of ether oxygens (including phenoxy) is 1. The van der Waals surface area contributed by atoms with Gasteiger partial charge in [0.1, 0.15) is 5.60 Å². The maximum absolute atomic E-state index is 11.0. The number of esters is 1. The average Bonchev–Trinajstić information content (AvgIpc) is 2.46. The highest BCUT2D eigenvalue weighted by molar-refractivity contribution is 5.90. The first-order chi connectivity index (χ1) is 5.22. The molecule has 0 aromatic heterocycles. The van der Waals surface area contributed by atoms with Crippen LogP contribution in [0, 0.1) is 0 Å². The standard InChI is InChI=1S/C9H10O2/c1-7-6-9(11-8(7)10)4-2-3-5-9/h2-3H,1,4-6H2. The van der Waals surface area contributed by atoms with Crippen LogP contribution in [0.5, 0.6) is 0 Å². The Morgan fingerprint density at radius 2 is 2.09 bits per heavy atom. The molecule has 0 atom stereocenters. The predicted octanol–water partition coefficient (Wildman–Crippen LogP) is 1.58. The average molecular weight is 150 g/mol. The van der Waals surface area contributed by atoms with E-state index >= 15 is 0 Å². The smallest absolute Gasteiger partial charge is 0.334 e. The van der Waals surface area contributed by atoms with Crippen molar-refractivity contribution < 1.29 is 9.53 Å². The summed E-state index contributed by atoms with van der Waals surface area (Å²) in [5, 5.41) is 0. The Kier molecular flexibility index (Phi) is 1.19. The fourth-order valence-corrected chi connectivity index (χ4v) is 1.67. The van der Waals surface area contributed by atoms with Crippen LogP contribution in [-0.4, -0.2) is 11.6 Å². The van der Waals surface area contributed by atoms with Gasteiger partial charge in [-0.25, -0.2) is 4.79 Å². The molecule has 1 spiro atoms. The first-order valence-electron chi connectivity index (χ1n) is 3.78. The lowest BCUT2D eigenvalue weighted by molar-refractivity contribution is -0.145. The highest BCUT2D eigenvalue weighted by Crippen LogP contribution is 2.39. The van der Waals surface area contributed by atoms with E-state index in [1.165, 1.54) is 0 Å². The van der Waals surface area contributed by atoms with Gasteiger partial charge in [0.2, 0.25) is 0 Å². The molecule has 1 aliphatic carbocycles. The molecule has 0 radical (unpaired) electrons. The van der Waals surface area contributed by atoms with E-state index in [0.29, 0.717) is 12.0 Å². The fourth-order valence-electron chi connectivity index (χ4n) is 1.67. The summed E-state index contributed by atoms with van der Waals surface area (Å²) in [6.45, 7) is 3.65. The van der Waals surface area contributed by atoms with Crippen molar-refractivity contribution in [3.8, 4) is 0 Å². The quantitative estimate of drug-likeness (QED) is 0.297. The van der Waals surface area contributed by atoms with Crippen molar-refractivity contribution in [2.45, 2.75) is 24.9 Å². The van der Waals surface area contributed by atoms with Crippen molar-refractivity contribution in [1.29, 1.82) is 0 Å². The molecular weight excluding hydrogens is 140 g/mol. The summed E-state index contributed by atoms with van der Waals surface area (Å²) in [4.78, 5) is 11.0. The van der Waals surface area contributed by atoms with Crippen LogP contribution >= 0.6 is 0 Å². The minimum absolute atomic E-state index is 0.214. The molecular formula is C9H10O2. The lowest BCUT2D eigenvalue weighted by Crippen LogP contribution is -2.23. The molecule has 0 amide bonds. The molecule has 58 valence electrons. The molecule has 2 heteroatoms. The van der Waals surface area contributed by atoms with Gasteiger partial charge in [-0.3, -0.25) is 0 Å². The van der Waals surface area contributed by atoms with Crippen molar-refractivity contribution in [2.75, 3.05) is 0 Å². The first-order valence-corrected chi connectivity index (χ1v) is 3.78. The molecule has 1 fully saturated rings. The van der Waals surface area contributed by atoms with Crippen molar-refractivity contribution in [3.05, 3.63) is 24.3 Å². The van der Waals surface area contributed by atoms with Gasteiger partial charge in [-0.2, -0.15) is 0 Å². The first kappa shape index (κ1) is 6.65. The van der Waals surface area contributed by atoms with Crippen LogP contribution in [0.3, 0.4) is 0 Å². The zero-order chi connectivity index (χ0) is 7.90. The Hall–Kier alpha value is -1.05. The predicted molar refractivity (Wildman–Crippen MR) is 41.0 cm³/mol. The van der Waals surface area contributed by atoms with Gasteiger partial charge < -0.3 is 4.74 Å². The molecule has 1 aliphatic heterocycles. The summed E-state index contributed by atoms with van der Waals surface area (Å²) in [6.07, 6.45) is 6.55. The molecule has 1 saturated heterocycles. The SMILES string of the molecule is C=C1CC2(CC=CC2)OC1=O. The zero-order valence-corrected chi connectivity index (χ0v) is 6.30. The number of hydrogen-bond acceptors (Lipinski definition) is 2. The molecule has 1 heterocycles. The van der Waals surface area contributed by atoms with Crippen LogP contribution < -0.4 is 0 Å². The van der Waals surface area contributed by atoms with Crippen LogP contribution in [0.1, 0.15) is 19.3 Å². The van der Waals surface area contributed by atoms with E-state index in [2.05, 4.69) is 18.7 Å². The zero-order valence-electron chi connectivity index (χ0n) is 6.30. The summed E-state index contributed by atoms with van der Waals surface area (Å²) >= 11 is 0. The Bertz CT molecular complexity index is 224. The third-order valence-corrected chi connectivity index (χ3v) is 2.28. The maximum Gasteiger partial charge on any atom is 0.334 e. The van der Waals surface area contributed by atoms with Gasteiger partial charge in [0.15, 0.2) is 0 Å². The van der Waals surface area contributed by atoms with E-state index in [9.17, 15) is 4.79 Å². The van der Waals surface area contributed by atoms with Crippen molar-refractivity contribution in [1.82, 2.24) is 0 Å². The summed E-state index contributed by atoms with van der Waals surface area (Å²) in [5.74, 6) is -0.214. The molecule has 0 unspecified atom stereocenters. The van der Waals surface area contributed by atoms with Gasteiger partial charge in [0.25, 0.3) is 0 Å². The third kappa shape index (κ3) is 0.897. The van der Waals surface area contributed by atoms with Crippen LogP contribution in [0.4, 0.5) is 0 Å². The second kappa shape index (κ2) is 1.97. The highest BCUT2D eigenvalue weighted by atomic mass is 16.6. The van der Waals surface area contributed by atoms with Crippen LogP contribution in [-0.2, 0) is 9.53 Å². The van der Waals surface area contributed by atoms with E-state index in [1.807, 2.05) is 0 Å². The molecule has 0 saturated carbocycles. The van der Waals surface area contributed by atoms with Gasteiger partial charge in [-0.05, 0) is 0 Å². The second-order valence-corrected chi connectivity index (χ2v) is 3.23. The Morgan fingerprint density at radius 1 is 1.45 bits per heavy atom. The summed E-state index contributed by atoms with van der Waals surface area (Å²) in [7, 11) is 0. The Balaban J connectivity index is 2.20. The van der Waals surface area contributed by atoms with Crippen LogP contribution in [0.15, 0.2) is 24.3 Å². The van der Waals surface area contributed by atoms with Gasteiger partial charge in [0, 0.05) is 24.8 Å². The maximum atomic E-state index is 11.0. The molecule has 2 rings (SSSR count). The van der Waals surface area contributed by atoms with Gasteiger partial charge >= 0.3 is 5.97 Å². The van der Waals surface area contributed by atoms with Gasteiger partial charge in [-0.15, -0.1) is 0 Å². The van der Waals surface area contributed by atoms with Crippen molar-refractivity contribution in [3.63, 3.8) is 0 Å². The molecule has 2 nitrogen and oxygen atoms in total. The summed E-state index contributed by atoms with van der Waals surface area (Å²) in [5.41, 5.74) is 0.391. The minimum atomic E-state index is -0.228. The van der Waals surface area contributed by atoms with Gasteiger partial charge in [-0.1, -0.05) is 18.7 Å². The highest BCUT2D eigenvalue weighted by Gasteiger charge is 2.42. The van der Waals surface area contributed by atoms with E-state index in [0.717, 1.165) is 12.8 Å². The van der Waals surface area contributed by atoms with Crippen molar-refractivity contribution in [2.24, 2.45) is 0 Å². The Labute approximate surface area is 65.5 Å². The lowest BCUT2D eigenvalue weighted by atomic mass is 9.96. The molecule has 11 heavy (non-hydrogen) atoms. The Morgan fingerprint density at radius 3 is 2.55 bits per heavy atom. The fraction of sp³-hybridized carbons (Fsp3) is 0.444. The third-order valence-electron chi connectivity index (χ3n) is 2.28. The van der Waals surface area contributed by atoms with Crippen molar-refractivity contribution >= 4 is 5.97 Å². The van der Waals surface area contributed by atoms with Crippen LogP contribution in [0.25, 0.3) is 0 Å². The number of rotatable bonds is 0. The van der Waals surface area contributed by atoms with E-state index in [4.69, 9.17) is 4.74 Å². The van der Waals surface area contributed by atoms with E-state index < -0.39 is 0 Å². The topological polar surface area (TPSA) is 26.3 Å². The summed E-state index contributed by atoms with van der Waals surface area (Å²) < 4.78 is 5.22. The summed E-state index contributed by atoms with van der Waals surface area (Å²) in [6, 6.07) is 0.